The Morgan fingerprint density at radius 2 is 2.21 bits per heavy atom. The van der Waals surface area contributed by atoms with Crippen molar-refractivity contribution in [2.45, 2.75) is 39.2 Å². The summed E-state index contributed by atoms with van der Waals surface area (Å²) in [6.45, 7) is 3.87. The highest BCUT2D eigenvalue weighted by Gasteiger charge is 2.13. The molecule has 0 aromatic carbocycles. The number of carbonyl (C=O) groups is 2. The fraction of sp³-hybridized carbons (Fsp3) is 0.636. The van der Waals surface area contributed by atoms with Gasteiger partial charge >= 0.3 is 12.0 Å². The number of nitrogens with one attached hydrogen (secondary N) is 2. The third kappa shape index (κ3) is 5.84. The zero-order valence-corrected chi connectivity index (χ0v) is 11.0. The number of rotatable bonds is 7. The summed E-state index contributed by atoms with van der Waals surface area (Å²) in [5.41, 5.74) is 0. The number of aryl methyl sites for hydroxylation is 1. The van der Waals surface area contributed by atoms with Crippen molar-refractivity contribution in [3.05, 3.63) is 11.7 Å². The van der Waals surface area contributed by atoms with Crippen LogP contribution in [-0.2, 0) is 11.2 Å². The van der Waals surface area contributed by atoms with E-state index in [2.05, 4.69) is 20.8 Å². The molecule has 8 nitrogen and oxygen atoms in total. The fourth-order valence-corrected chi connectivity index (χ4v) is 1.47. The molecule has 0 aliphatic heterocycles. The summed E-state index contributed by atoms with van der Waals surface area (Å²) in [7, 11) is 0. The molecule has 8 heteroatoms. The van der Waals surface area contributed by atoms with Crippen LogP contribution in [0.5, 0.6) is 0 Å². The van der Waals surface area contributed by atoms with Gasteiger partial charge in [-0.1, -0.05) is 12.1 Å². The Balaban J connectivity index is 2.25. The van der Waals surface area contributed by atoms with Crippen LogP contribution in [0.15, 0.2) is 4.52 Å². The fourth-order valence-electron chi connectivity index (χ4n) is 1.47. The van der Waals surface area contributed by atoms with Crippen LogP contribution in [0.25, 0.3) is 0 Å². The van der Waals surface area contributed by atoms with Crippen LogP contribution in [0.1, 0.15) is 31.5 Å². The smallest absolute Gasteiger partial charge is 0.315 e. The average Bonchev–Trinajstić information content (AvgIpc) is 2.73. The Morgan fingerprint density at radius 3 is 2.74 bits per heavy atom. The van der Waals surface area contributed by atoms with Crippen LogP contribution >= 0.6 is 0 Å². The van der Waals surface area contributed by atoms with E-state index in [1.807, 2.05) is 6.92 Å². The van der Waals surface area contributed by atoms with Gasteiger partial charge in [0.15, 0.2) is 5.82 Å². The van der Waals surface area contributed by atoms with Gasteiger partial charge in [-0.2, -0.15) is 4.98 Å². The number of urea groups is 1. The van der Waals surface area contributed by atoms with Crippen LogP contribution in [0.4, 0.5) is 4.79 Å². The van der Waals surface area contributed by atoms with Crippen molar-refractivity contribution >= 4 is 12.0 Å². The van der Waals surface area contributed by atoms with Crippen molar-refractivity contribution in [2.24, 2.45) is 0 Å². The predicted octanol–water partition coefficient (Wildman–Crippen LogP) is 0.473. The third-order valence-electron chi connectivity index (χ3n) is 2.44. The molecule has 2 amide bonds. The number of aromatic nitrogens is 2. The molecular weight excluding hydrogens is 252 g/mol. The lowest BCUT2D eigenvalue weighted by molar-refractivity contribution is -0.137. The monoisotopic (exact) mass is 270 g/mol. The molecule has 0 saturated heterocycles. The number of carbonyl (C=O) groups excluding carboxylic acids is 1. The highest BCUT2D eigenvalue weighted by Crippen LogP contribution is 1.98. The van der Waals surface area contributed by atoms with Gasteiger partial charge in [0.05, 0.1) is 6.42 Å². The second-order valence-corrected chi connectivity index (χ2v) is 4.09. The molecule has 0 aliphatic carbocycles. The van der Waals surface area contributed by atoms with Gasteiger partial charge in [-0.25, -0.2) is 4.79 Å². The summed E-state index contributed by atoms with van der Waals surface area (Å²) >= 11 is 0. The van der Waals surface area contributed by atoms with Crippen molar-refractivity contribution in [2.75, 3.05) is 6.54 Å². The third-order valence-corrected chi connectivity index (χ3v) is 2.44. The van der Waals surface area contributed by atoms with Gasteiger partial charge in [0.25, 0.3) is 0 Å². The van der Waals surface area contributed by atoms with E-state index in [1.54, 1.807) is 6.92 Å². The highest BCUT2D eigenvalue weighted by molar-refractivity contribution is 5.75. The summed E-state index contributed by atoms with van der Waals surface area (Å²) in [5, 5.41) is 17.5. The van der Waals surface area contributed by atoms with Crippen molar-refractivity contribution in [3.63, 3.8) is 0 Å². The number of amides is 2. The van der Waals surface area contributed by atoms with Gasteiger partial charge in [0.1, 0.15) is 0 Å². The molecule has 0 bridgehead atoms. The molecule has 19 heavy (non-hydrogen) atoms. The molecule has 0 saturated carbocycles. The largest absolute Gasteiger partial charge is 0.481 e. The van der Waals surface area contributed by atoms with E-state index < -0.39 is 12.0 Å². The van der Waals surface area contributed by atoms with E-state index in [1.165, 1.54) is 0 Å². The maximum Gasteiger partial charge on any atom is 0.315 e. The van der Waals surface area contributed by atoms with Crippen molar-refractivity contribution in [1.29, 1.82) is 0 Å². The molecule has 1 heterocycles. The number of carboxylic acid groups (broad SMARTS) is 1. The van der Waals surface area contributed by atoms with E-state index in [0.29, 0.717) is 31.1 Å². The number of carboxylic acids is 1. The maximum atomic E-state index is 11.5. The lowest BCUT2D eigenvalue weighted by Crippen LogP contribution is -2.43. The number of hydrogen-bond donors (Lipinski definition) is 3. The van der Waals surface area contributed by atoms with Gasteiger partial charge < -0.3 is 20.3 Å². The summed E-state index contributed by atoms with van der Waals surface area (Å²) in [4.78, 5) is 26.1. The zero-order chi connectivity index (χ0) is 14.3. The summed E-state index contributed by atoms with van der Waals surface area (Å²) < 4.78 is 4.89. The van der Waals surface area contributed by atoms with Crippen molar-refractivity contribution < 1.29 is 19.2 Å². The molecule has 0 aliphatic rings. The van der Waals surface area contributed by atoms with E-state index in [-0.39, 0.29) is 12.5 Å². The van der Waals surface area contributed by atoms with Gasteiger partial charge in [-0.15, -0.1) is 0 Å². The van der Waals surface area contributed by atoms with Gasteiger partial charge in [-0.05, 0) is 13.3 Å². The quantitative estimate of drug-likeness (QED) is 0.663. The molecule has 0 fully saturated rings. The van der Waals surface area contributed by atoms with E-state index >= 15 is 0 Å². The standard InChI is InChI=1S/C11H18N4O4/c1-3-8(6-10(16)17)14-11(18)12-5-4-9-13-7(2)15-19-9/h8H,3-6H2,1-2H3,(H,16,17)(H2,12,14,18). The minimum absolute atomic E-state index is 0.0905. The van der Waals surface area contributed by atoms with E-state index in [9.17, 15) is 9.59 Å². The molecule has 1 aromatic heterocycles. The minimum Gasteiger partial charge on any atom is -0.481 e. The molecule has 106 valence electrons. The summed E-state index contributed by atoms with van der Waals surface area (Å²) in [6, 6.07) is -0.771. The summed E-state index contributed by atoms with van der Waals surface area (Å²) in [5.74, 6) is 0.0656. The Kier molecular flexibility index (Phi) is 5.77. The topological polar surface area (TPSA) is 117 Å². The first-order valence-corrected chi connectivity index (χ1v) is 6.06. The van der Waals surface area contributed by atoms with Crippen LogP contribution in [0, 0.1) is 6.92 Å². The Labute approximate surface area is 110 Å². The first-order chi connectivity index (χ1) is 9.01. The van der Waals surface area contributed by atoms with Crippen LogP contribution in [0.3, 0.4) is 0 Å². The zero-order valence-electron chi connectivity index (χ0n) is 11.0. The first kappa shape index (κ1) is 14.9. The van der Waals surface area contributed by atoms with Crippen molar-refractivity contribution in [3.8, 4) is 0 Å². The van der Waals surface area contributed by atoms with Crippen LogP contribution in [0.2, 0.25) is 0 Å². The molecule has 1 aromatic rings. The lowest BCUT2D eigenvalue weighted by atomic mass is 10.1. The molecule has 1 rings (SSSR count). The lowest BCUT2D eigenvalue weighted by Gasteiger charge is -2.15. The Bertz CT molecular complexity index is 432. The van der Waals surface area contributed by atoms with Crippen LogP contribution < -0.4 is 10.6 Å². The molecular formula is C11H18N4O4. The second kappa shape index (κ2) is 7.34. The summed E-state index contributed by atoms with van der Waals surface area (Å²) in [6.07, 6.45) is 0.902. The number of nitrogens with zero attached hydrogens (tertiary/aromatic N) is 2. The molecule has 1 atom stereocenters. The predicted molar refractivity (Wildman–Crippen MR) is 65.6 cm³/mol. The first-order valence-electron chi connectivity index (χ1n) is 6.06. The Morgan fingerprint density at radius 1 is 1.47 bits per heavy atom. The van der Waals surface area contributed by atoms with E-state index in [0.717, 1.165) is 0 Å². The molecule has 0 spiro atoms. The van der Waals surface area contributed by atoms with Gasteiger partial charge in [0.2, 0.25) is 5.89 Å². The van der Waals surface area contributed by atoms with Crippen molar-refractivity contribution in [1.82, 2.24) is 20.8 Å². The average molecular weight is 270 g/mol. The maximum absolute atomic E-state index is 11.5. The molecule has 0 radical (unpaired) electrons. The number of aliphatic carboxylic acids is 1. The van der Waals surface area contributed by atoms with Gasteiger partial charge in [-0.3, -0.25) is 4.79 Å². The van der Waals surface area contributed by atoms with Crippen LogP contribution in [-0.4, -0.2) is 39.8 Å². The SMILES string of the molecule is CCC(CC(=O)O)NC(=O)NCCc1nc(C)no1. The Hall–Kier alpha value is -2.12. The highest BCUT2D eigenvalue weighted by atomic mass is 16.5. The van der Waals surface area contributed by atoms with E-state index in [4.69, 9.17) is 9.63 Å². The molecule has 3 N–H and O–H groups in total. The number of hydrogen-bond acceptors (Lipinski definition) is 5. The minimum atomic E-state index is -0.937. The second-order valence-electron chi connectivity index (χ2n) is 4.09. The normalized spacial score (nSPS) is 11.9. The molecule has 1 unspecified atom stereocenters. The van der Waals surface area contributed by atoms with Gasteiger partial charge in [0, 0.05) is 19.0 Å².